The van der Waals surface area contributed by atoms with Crippen molar-refractivity contribution in [2.24, 2.45) is 0 Å². The summed E-state index contributed by atoms with van der Waals surface area (Å²) < 4.78 is 23.4. The summed E-state index contributed by atoms with van der Waals surface area (Å²) in [5, 5.41) is 3.89. The molecule has 0 aliphatic heterocycles. The maximum absolute atomic E-state index is 11.3. The van der Waals surface area contributed by atoms with E-state index in [4.69, 9.17) is 11.6 Å². The zero-order valence-corrected chi connectivity index (χ0v) is 13.8. The van der Waals surface area contributed by atoms with Crippen molar-refractivity contribution < 1.29 is 8.42 Å². The van der Waals surface area contributed by atoms with Gasteiger partial charge in [0.2, 0.25) is 0 Å². The SMILES string of the molecule is CS(=O)(=O)c1ccc(NCc2ccc(Cl)c(Br)c2)cn1. The Hall–Kier alpha value is -1.11. The Morgan fingerprint density at radius 1 is 1.30 bits per heavy atom. The van der Waals surface area contributed by atoms with E-state index in [1.807, 2.05) is 18.2 Å². The van der Waals surface area contributed by atoms with Crippen LogP contribution in [0.5, 0.6) is 0 Å². The van der Waals surface area contributed by atoms with Crippen molar-refractivity contribution in [2.75, 3.05) is 11.6 Å². The molecule has 0 saturated heterocycles. The molecule has 0 spiro atoms. The zero-order chi connectivity index (χ0) is 14.8. The van der Waals surface area contributed by atoms with Crippen LogP contribution >= 0.6 is 27.5 Å². The first-order valence-electron chi connectivity index (χ1n) is 5.70. The van der Waals surface area contributed by atoms with Gasteiger partial charge in [-0.05, 0) is 45.8 Å². The lowest BCUT2D eigenvalue weighted by Crippen LogP contribution is -2.03. The fraction of sp³-hybridized carbons (Fsp3) is 0.154. The Labute approximate surface area is 131 Å². The number of rotatable bonds is 4. The van der Waals surface area contributed by atoms with Gasteiger partial charge in [0.25, 0.3) is 0 Å². The third-order valence-corrected chi connectivity index (χ3v) is 4.81. The number of nitrogens with zero attached hydrogens (tertiary/aromatic N) is 1. The highest BCUT2D eigenvalue weighted by molar-refractivity contribution is 9.10. The van der Waals surface area contributed by atoms with Crippen molar-refractivity contribution in [2.45, 2.75) is 11.6 Å². The molecule has 0 aliphatic rings. The highest BCUT2D eigenvalue weighted by atomic mass is 79.9. The number of halogens is 2. The van der Waals surface area contributed by atoms with Crippen molar-refractivity contribution in [3.63, 3.8) is 0 Å². The van der Waals surface area contributed by atoms with E-state index in [0.29, 0.717) is 11.6 Å². The molecule has 2 aromatic rings. The second kappa shape index (κ2) is 6.11. The van der Waals surface area contributed by atoms with Crippen LogP contribution in [0.1, 0.15) is 5.56 Å². The van der Waals surface area contributed by atoms with Crippen molar-refractivity contribution in [1.82, 2.24) is 4.98 Å². The highest BCUT2D eigenvalue weighted by Gasteiger charge is 2.07. The lowest BCUT2D eigenvalue weighted by Gasteiger charge is -2.07. The number of pyridine rings is 1. The van der Waals surface area contributed by atoms with E-state index in [0.717, 1.165) is 22.0 Å². The minimum Gasteiger partial charge on any atom is -0.380 e. The first kappa shape index (κ1) is 15.3. The highest BCUT2D eigenvalue weighted by Crippen LogP contribution is 2.23. The fourth-order valence-corrected chi connectivity index (χ4v) is 2.66. The first-order chi connectivity index (χ1) is 9.36. The molecule has 4 nitrogen and oxygen atoms in total. The van der Waals surface area contributed by atoms with Crippen LogP contribution < -0.4 is 5.32 Å². The molecule has 1 aromatic heterocycles. The Bertz CT molecular complexity index is 718. The van der Waals surface area contributed by atoms with Crippen molar-refractivity contribution in [3.05, 3.63) is 51.6 Å². The topological polar surface area (TPSA) is 59.1 Å². The second-order valence-electron chi connectivity index (χ2n) is 4.26. The van der Waals surface area contributed by atoms with Crippen LogP contribution in [0.3, 0.4) is 0 Å². The van der Waals surface area contributed by atoms with Crippen LogP contribution in [0.2, 0.25) is 5.02 Å². The Balaban J connectivity index is 2.06. The average molecular weight is 376 g/mol. The van der Waals surface area contributed by atoms with Gasteiger partial charge in [-0.25, -0.2) is 13.4 Å². The molecule has 1 heterocycles. The lowest BCUT2D eigenvalue weighted by molar-refractivity contribution is 0.598. The molecule has 0 radical (unpaired) electrons. The third kappa shape index (κ3) is 3.94. The second-order valence-corrected chi connectivity index (χ2v) is 7.48. The maximum Gasteiger partial charge on any atom is 0.192 e. The molecule has 0 saturated carbocycles. The lowest BCUT2D eigenvalue weighted by atomic mass is 10.2. The molecular formula is C13H12BrClN2O2S. The van der Waals surface area contributed by atoms with Crippen molar-refractivity contribution in [1.29, 1.82) is 0 Å². The summed E-state index contributed by atoms with van der Waals surface area (Å²) in [5.74, 6) is 0. The van der Waals surface area contributed by atoms with E-state index in [-0.39, 0.29) is 5.03 Å². The number of hydrogen-bond acceptors (Lipinski definition) is 4. The summed E-state index contributed by atoms with van der Waals surface area (Å²) in [7, 11) is -3.26. The maximum atomic E-state index is 11.3. The van der Waals surface area contributed by atoms with Gasteiger partial charge in [0.05, 0.1) is 16.9 Å². The summed E-state index contributed by atoms with van der Waals surface area (Å²) in [6.07, 6.45) is 2.63. The summed E-state index contributed by atoms with van der Waals surface area (Å²) in [5.41, 5.74) is 1.80. The van der Waals surface area contributed by atoms with Gasteiger partial charge in [0, 0.05) is 17.3 Å². The molecule has 106 valence electrons. The van der Waals surface area contributed by atoms with E-state index >= 15 is 0 Å². The summed E-state index contributed by atoms with van der Waals surface area (Å²) >= 11 is 9.29. The van der Waals surface area contributed by atoms with Gasteiger partial charge in [-0.1, -0.05) is 17.7 Å². The summed E-state index contributed by atoms with van der Waals surface area (Å²) in [6.45, 7) is 0.593. The van der Waals surface area contributed by atoms with Crippen LogP contribution in [0, 0.1) is 0 Å². The molecule has 0 fully saturated rings. The number of aromatic nitrogens is 1. The Morgan fingerprint density at radius 2 is 2.05 bits per heavy atom. The van der Waals surface area contributed by atoms with Crippen molar-refractivity contribution in [3.8, 4) is 0 Å². The molecular weight excluding hydrogens is 364 g/mol. The van der Waals surface area contributed by atoms with E-state index in [2.05, 4.69) is 26.2 Å². The van der Waals surface area contributed by atoms with Gasteiger partial charge in [0.15, 0.2) is 14.9 Å². The fourth-order valence-electron chi connectivity index (χ4n) is 1.56. The third-order valence-electron chi connectivity index (χ3n) is 2.60. The minimum absolute atomic E-state index is 0.0669. The molecule has 0 amide bonds. The first-order valence-corrected chi connectivity index (χ1v) is 8.76. The number of benzene rings is 1. The van der Waals surface area contributed by atoms with Crippen LogP contribution in [-0.4, -0.2) is 19.7 Å². The van der Waals surface area contributed by atoms with E-state index in [1.165, 1.54) is 12.3 Å². The van der Waals surface area contributed by atoms with E-state index < -0.39 is 9.84 Å². The van der Waals surface area contributed by atoms with Gasteiger partial charge in [0.1, 0.15) is 0 Å². The van der Waals surface area contributed by atoms with Gasteiger partial charge >= 0.3 is 0 Å². The number of sulfone groups is 1. The van der Waals surface area contributed by atoms with Crippen LogP contribution in [0.15, 0.2) is 46.0 Å². The predicted molar refractivity (Wildman–Crippen MR) is 83.8 cm³/mol. The normalized spacial score (nSPS) is 11.3. The Kier molecular flexibility index (Phi) is 4.67. The smallest absolute Gasteiger partial charge is 0.192 e. The van der Waals surface area contributed by atoms with Gasteiger partial charge in [-0.3, -0.25) is 0 Å². The average Bonchev–Trinajstić information content (AvgIpc) is 2.40. The van der Waals surface area contributed by atoms with Crippen LogP contribution in [0.25, 0.3) is 0 Å². The minimum atomic E-state index is -3.26. The molecule has 0 atom stereocenters. The number of hydrogen-bond donors (Lipinski definition) is 1. The van der Waals surface area contributed by atoms with E-state index in [9.17, 15) is 8.42 Å². The standard InChI is InChI=1S/C13H12BrClN2O2S/c1-20(18,19)13-5-3-10(8-17-13)16-7-9-2-4-12(15)11(14)6-9/h2-6,8,16H,7H2,1H3. The van der Waals surface area contributed by atoms with Gasteiger partial charge in [-0.15, -0.1) is 0 Å². The molecule has 0 aliphatic carbocycles. The molecule has 1 N–H and O–H groups in total. The monoisotopic (exact) mass is 374 g/mol. The van der Waals surface area contributed by atoms with Gasteiger partial charge in [-0.2, -0.15) is 0 Å². The summed E-state index contributed by atoms with van der Waals surface area (Å²) in [4.78, 5) is 3.91. The zero-order valence-electron chi connectivity index (χ0n) is 10.6. The van der Waals surface area contributed by atoms with Crippen LogP contribution in [0.4, 0.5) is 5.69 Å². The number of anilines is 1. The van der Waals surface area contributed by atoms with Crippen LogP contribution in [-0.2, 0) is 16.4 Å². The molecule has 0 bridgehead atoms. The molecule has 7 heteroatoms. The molecule has 2 rings (SSSR count). The van der Waals surface area contributed by atoms with Crippen molar-refractivity contribution >= 4 is 43.1 Å². The molecule has 0 unspecified atom stereocenters. The quantitative estimate of drug-likeness (QED) is 0.888. The predicted octanol–water partition coefficient (Wildman–Crippen LogP) is 3.51. The largest absolute Gasteiger partial charge is 0.380 e. The molecule has 20 heavy (non-hydrogen) atoms. The Morgan fingerprint density at radius 3 is 2.60 bits per heavy atom. The number of nitrogens with one attached hydrogen (secondary N) is 1. The van der Waals surface area contributed by atoms with E-state index in [1.54, 1.807) is 6.07 Å². The summed E-state index contributed by atoms with van der Waals surface area (Å²) in [6, 6.07) is 8.82. The molecule has 1 aromatic carbocycles. The van der Waals surface area contributed by atoms with Gasteiger partial charge < -0.3 is 5.32 Å².